The van der Waals surface area contributed by atoms with Crippen molar-refractivity contribution in [1.29, 1.82) is 0 Å². The maximum Gasteiger partial charge on any atom is 0.227 e. The predicted molar refractivity (Wildman–Crippen MR) is 51.9 cm³/mol. The summed E-state index contributed by atoms with van der Waals surface area (Å²) in [4.78, 5) is 8.17. The topological polar surface area (TPSA) is 77.0 Å². The molecule has 0 aliphatic heterocycles. The molecule has 0 atom stereocenters. The summed E-state index contributed by atoms with van der Waals surface area (Å²) < 4.78 is 6.85. The van der Waals surface area contributed by atoms with Crippen molar-refractivity contribution in [3.8, 4) is 11.5 Å². The molecule has 0 aromatic carbocycles. The van der Waals surface area contributed by atoms with Crippen LogP contribution in [0.3, 0.4) is 0 Å². The minimum atomic E-state index is 0.128. The first-order chi connectivity index (χ1) is 7.31. The Kier molecular flexibility index (Phi) is 2.77. The third kappa shape index (κ3) is 2.04. The molecule has 6 heteroatoms. The van der Waals surface area contributed by atoms with Gasteiger partial charge in [0, 0.05) is 20.1 Å². The van der Waals surface area contributed by atoms with E-state index in [9.17, 15) is 0 Å². The van der Waals surface area contributed by atoms with E-state index in [4.69, 9.17) is 9.63 Å². The van der Waals surface area contributed by atoms with Crippen LogP contribution in [0.15, 0.2) is 17.0 Å². The Hall–Kier alpha value is -1.69. The summed E-state index contributed by atoms with van der Waals surface area (Å²) in [7, 11) is 1.87. The van der Waals surface area contributed by atoms with Crippen LogP contribution < -0.4 is 0 Å². The van der Waals surface area contributed by atoms with Crippen LogP contribution in [0.1, 0.15) is 12.3 Å². The van der Waals surface area contributed by atoms with Crippen LogP contribution in [-0.4, -0.2) is 31.4 Å². The number of nitrogens with zero attached hydrogens (tertiary/aromatic N) is 4. The van der Waals surface area contributed by atoms with Crippen LogP contribution in [0.2, 0.25) is 0 Å². The fourth-order valence-corrected chi connectivity index (χ4v) is 1.26. The number of hydrogen-bond donors (Lipinski definition) is 1. The molecular formula is C9H12N4O2. The molecule has 0 amide bonds. The molecule has 15 heavy (non-hydrogen) atoms. The van der Waals surface area contributed by atoms with Crippen LogP contribution in [-0.2, 0) is 13.5 Å². The molecule has 2 heterocycles. The van der Waals surface area contributed by atoms with Gasteiger partial charge in [-0.05, 0) is 6.42 Å². The highest BCUT2D eigenvalue weighted by Crippen LogP contribution is 2.14. The smallest absolute Gasteiger partial charge is 0.227 e. The lowest BCUT2D eigenvalue weighted by atomic mass is 10.3. The van der Waals surface area contributed by atoms with Gasteiger partial charge in [-0.3, -0.25) is 0 Å². The van der Waals surface area contributed by atoms with Crippen LogP contribution in [0.5, 0.6) is 0 Å². The van der Waals surface area contributed by atoms with Gasteiger partial charge >= 0.3 is 0 Å². The Morgan fingerprint density at radius 2 is 2.40 bits per heavy atom. The molecule has 2 rings (SSSR count). The van der Waals surface area contributed by atoms with Crippen molar-refractivity contribution in [1.82, 2.24) is 19.7 Å². The standard InChI is InChI=1S/C9H12N4O2/c1-13-6-10-5-7(13)9-11-8(15-12-9)3-2-4-14/h5-6,14H,2-4H2,1H3. The first kappa shape index (κ1) is 9.85. The SMILES string of the molecule is Cn1cncc1-c1noc(CCCO)n1. The van der Waals surface area contributed by atoms with Gasteiger partial charge in [0.05, 0.1) is 12.5 Å². The molecule has 0 fully saturated rings. The average molecular weight is 208 g/mol. The predicted octanol–water partition coefficient (Wildman–Crippen LogP) is 0.395. The average Bonchev–Trinajstić information content (AvgIpc) is 2.83. The molecule has 0 spiro atoms. The van der Waals surface area contributed by atoms with E-state index in [1.807, 2.05) is 11.6 Å². The maximum absolute atomic E-state index is 8.66. The molecule has 0 radical (unpaired) electrons. The van der Waals surface area contributed by atoms with E-state index < -0.39 is 0 Å². The van der Waals surface area contributed by atoms with Gasteiger partial charge in [0.2, 0.25) is 11.7 Å². The molecule has 0 saturated carbocycles. The van der Waals surface area contributed by atoms with E-state index in [0.29, 0.717) is 24.6 Å². The van der Waals surface area contributed by atoms with E-state index in [1.54, 1.807) is 12.5 Å². The van der Waals surface area contributed by atoms with Gasteiger partial charge < -0.3 is 14.2 Å². The fraction of sp³-hybridized carbons (Fsp3) is 0.444. The minimum absolute atomic E-state index is 0.128. The van der Waals surface area contributed by atoms with Crippen molar-refractivity contribution < 1.29 is 9.63 Å². The normalized spacial score (nSPS) is 10.8. The zero-order chi connectivity index (χ0) is 10.7. The van der Waals surface area contributed by atoms with Crippen LogP contribution in [0, 0.1) is 0 Å². The first-order valence-electron chi connectivity index (χ1n) is 4.71. The summed E-state index contributed by atoms with van der Waals surface area (Å²) in [6, 6.07) is 0. The third-order valence-electron chi connectivity index (χ3n) is 2.06. The van der Waals surface area contributed by atoms with E-state index in [1.165, 1.54) is 0 Å². The molecule has 0 aliphatic rings. The molecule has 0 aliphatic carbocycles. The van der Waals surface area contributed by atoms with E-state index >= 15 is 0 Å². The first-order valence-corrected chi connectivity index (χ1v) is 4.71. The second kappa shape index (κ2) is 4.22. The second-order valence-corrected chi connectivity index (χ2v) is 3.23. The number of aliphatic hydroxyl groups excluding tert-OH is 1. The van der Waals surface area contributed by atoms with Crippen LogP contribution in [0.25, 0.3) is 11.5 Å². The van der Waals surface area contributed by atoms with Crippen molar-refractivity contribution in [3.05, 3.63) is 18.4 Å². The van der Waals surface area contributed by atoms with E-state index in [-0.39, 0.29) is 6.61 Å². The van der Waals surface area contributed by atoms with Gasteiger partial charge in [0.15, 0.2) is 0 Å². The summed E-state index contributed by atoms with van der Waals surface area (Å²) in [6.45, 7) is 0.128. The summed E-state index contributed by atoms with van der Waals surface area (Å²) >= 11 is 0. The summed E-state index contributed by atoms with van der Waals surface area (Å²) in [5.74, 6) is 1.07. The number of aryl methyl sites for hydroxylation is 2. The Morgan fingerprint density at radius 3 is 3.07 bits per heavy atom. The largest absolute Gasteiger partial charge is 0.396 e. The van der Waals surface area contributed by atoms with Gasteiger partial charge in [-0.2, -0.15) is 4.98 Å². The molecule has 6 nitrogen and oxygen atoms in total. The quantitative estimate of drug-likeness (QED) is 0.786. The van der Waals surface area contributed by atoms with E-state index in [2.05, 4.69) is 15.1 Å². The fourth-order valence-electron chi connectivity index (χ4n) is 1.26. The Balaban J connectivity index is 2.17. The van der Waals surface area contributed by atoms with Crippen molar-refractivity contribution in [2.45, 2.75) is 12.8 Å². The summed E-state index contributed by atoms with van der Waals surface area (Å²) in [5, 5.41) is 12.5. The lowest BCUT2D eigenvalue weighted by molar-refractivity contribution is 0.278. The zero-order valence-electron chi connectivity index (χ0n) is 8.42. The van der Waals surface area contributed by atoms with Gasteiger partial charge in [-0.25, -0.2) is 4.98 Å². The van der Waals surface area contributed by atoms with Crippen LogP contribution >= 0.6 is 0 Å². The highest BCUT2D eigenvalue weighted by molar-refractivity contribution is 5.46. The number of hydrogen-bond acceptors (Lipinski definition) is 5. The Bertz CT molecular complexity index is 435. The number of rotatable bonds is 4. The van der Waals surface area contributed by atoms with Gasteiger partial charge in [-0.15, -0.1) is 0 Å². The van der Waals surface area contributed by atoms with Crippen molar-refractivity contribution in [2.75, 3.05) is 6.61 Å². The minimum Gasteiger partial charge on any atom is -0.396 e. The number of aromatic nitrogens is 4. The van der Waals surface area contributed by atoms with Gasteiger partial charge in [0.1, 0.15) is 5.69 Å². The molecule has 1 N–H and O–H groups in total. The van der Waals surface area contributed by atoms with Crippen molar-refractivity contribution >= 4 is 0 Å². The number of imidazole rings is 1. The molecule has 0 bridgehead atoms. The van der Waals surface area contributed by atoms with Gasteiger partial charge in [0.25, 0.3) is 0 Å². The van der Waals surface area contributed by atoms with Crippen molar-refractivity contribution in [3.63, 3.8) is 0 Å². The highest BCUT2D eigenvalue weighted by Gasteiger charge is 2.10. The van der Waals surface area contributed by atoms with Gasteiger partial charge in [-0.1, -0.05) is 5.16 Å². The zero-order valence-corrected chi connectivity index (χ0v) is 8.42. The molecule has 80 valence electrons. The lowest BCUT2D eigenvalue weighted by Gasteiger charge is -1.93. The van der Waals surface area contributed by atoms with Crippen molar-refractivity contribution in [2.24, 2.45) is 7.05 Å². The molecule has 0 saturated heterocycles. The second-order valence-electron chi connectivity index (χ2n) is 3.23. The van der Waals surface area contributed by atoms with Crippen LogP contribution in [0.4, 0.5) is 0 Å². The molecule has 2 aromatic heterocycles. The molecule has 0 unspecified atom stereocenters. The maximum atomic E-state index is 8.66. The molecule has 2 aromatic rings. The Morgan fingerprint density at radius 1 is 1.53 bits per heavy atom. The van der Waals surface area contributed by atoms with E-state index in [0.717, 1.165) is 5.69 Å². The monoisotopic (exact) mass is 208 g/mol. The lowest BCUT2D eigenvalue weighted by Crippen LogP contribution is -1.92. The summed E-state index contributed by atoms with van der Waals surface area (Å²) in [6.07, 6.45) is 4.59. The Labute approximate surface area is 86.6 Å². The third-order valence-corrected chi connectivity index (χ3v) is 2.06. The number of aliphatic hydroxyl groups is 1. The highest BCUT2D eigenvalue weighted by atomic mass is 16.5. The molecular weight excluding hydrogens is 196 g/mol. The summed E-state index contributed by atoms with van der Waals surface area (Å²) in [5.41, 5.74) is 0.814.